The molecule has 20 heavy (non-hydrogen) atoms. The van der Waals surface area contributed by atoms with Gasteiger partial charge in [0.25, 0.3) is 0 Å². The zero-order chi connectivity index (χ0) is 13.9. The van der Waals surface area contributed by atoms with Gasteiger partial charge in [-0.25, -0.2) is 0 Å². The Morgan fingerprint density at radius 1 is 1.30 bits per heavy atom. The predicted octanol–water partition coefficient (Wildman–Crippen LogP) is 4.22. The maximum atomic E-state index is 6.03. The van der Waals surface area contributed by atoms with Crippen LogP contribution in [0, 0.1) is 11.8 Å². The van der Waals surface area contributed by atoms with Crippen molar-refractivity contribution in [2.24, 2.45) is 17.7 Å². The van der Waals surface area contributed by atoms with Gasteiger partial charge in [-0.3, -0.25) is 11.3 Å². The van der Waals surface area contributed by atoms with E-state index in [1.807, 2.05) is 11.3 Å². The maximum Gasteiger partial charge on any atom is 0.0310 e. The van der Waals surface area contributed by atoms with Crippen molar-refractivity contribution >= 4 is 11.3 Å². The summed E-state index contributed by atoms with van der Waals surface area (Å²) < 4.78 is 0. The molecular formula is C17H28N2S. The van der Waals surface area contributed by atoms with Gasteiger partial charge in [0.15, 0.2) is 0 Å². The minimum absolute atomic E-state index is 0.480. The molecule has 3 rings (SSSR count). The van der Waals surface area contributed by atoms with Crippen LogP contribution in [0.1, 0.15) is 68.2 Å². The fourth-order valence-corrected chi connectivity index (χ4v) is 5.65. The minimum Gasteiger partial charge on any atom is -0.271 e. The first-order chi connectivity index (χ1) is 9.85. The molecule has 4 atom stereocenters. The van der Waals surface area contributed by atoms with Gasteiger partial charge in [0.05, 0.1) is 0 Å². The topological polar surface area (TPSA) is 38.0 Å². The average Bonchev–Trinajstić information content (AvgIpc) is 2.98. The number of rotatable bonds is 4. The van der Waals surface area contributed by atoms with E-state index in [0.717, 1.165) is 11.8 Å². The van der Waals surface area contributed by atoms with Gasteiger partial charge < -0.3 is 0 Å². The summed E-state index contributed by atoms with van der Waals surface area (Å²) in [6, 6.07) is 2.84. The van der Waals surface area contributed by atoms with Crippen LogP contribution >= 0.6 is 11.3 Å². The SMILES string of the molecule is CCC1CCCCC1C(NN)C1CCCc2sccc21. The Kier molecular flexibility index (Phi) is 4.79. The number of nitrogens with two attached hydrogens (primary N) is 1. The van der Waals surface area contributed by atoms with Gasteiger partial charge in [0.2, 0.25) is 0 Å². The number of hydrogen-bond acceptors (Lipinski definition) is 3. The molecule has 3 N–H and O–H groups in total. The molecule has 1 fully saturated rings. The Labute approximate surface area is 127 Å². The van der Waals surface area contributed by atoms with Crippen molar-refractivity contribution in [1.29, 1.82) is 0 Å². The monoisotopic (exact) mass is 292 g/mol. The molecule has 3 heteroatoms. The molecular weight excluding hydrogens is 264 g/mol. The number of hydrogen-bond donors (Lipinski definition) is 2. The fraction of sp³-hybridized carbons (Fsp3) is 0.765. The second kappa shape index (κ2) is 6.59. The van der Waals surface area contributed by atoms with Crippen LogP contribution in [-0.2, 0) is 6.42 Å². The maximum absolute atomic E-state index is 6.03. The van der Waals surface area contributed by atoms with E-state index >= 15 is 0 Å². The van der Waals surface area contributed by atoms with Crippen molar-refractivity contribution in [1.82, 2.24) is 5.43 Å². The third kappa shape index (κ3) is 2.68. The first kappa shape index (κ1) is 14.6. The van der Waals surface area contributed by atoms with Crippen molar-refractivity contribution < 1.29 is 0 Å². The minimum atomic E-state index is 0.480. The van der Waals surface area contributed by atoms with E-state index in [1.54, 1.807) is 10.4 Å². The lowest BCUT2D eigenvalue weighted by atomic mass is 9.68. The van der Waals surface area contributed by atoms with E-state index in [2.05, 4.69) is 23.8 Å². The van der Waals surface area contributed by atoms with Gasteiger partial charge >= 0.3 is 0 Å². The lowest BCUT2D eigenvalue weighted by Crippen LogP contribution is -2.48. The molecule has 0 saturated heterocycles. The highest BCUT2D eigenvalue weighted by Crippen LogP contribution is 2.43. The summed E-state index contributed by atoms with van der Waals surface area (Å²) in [6.45, 7) is 2.35. The summed E-state index contributed by atoms with van der Waals surface area (Å²) in [5, 5.41) is 2.27. The van der Waals surface area contributed by atoms with Crippen molar-refractivity contribution in [3.63, 3.8) is 0 Å². The molecule has 2 aliphatic carbocycles. The number of hydrazine groups is 1. The lowest BCUT2D eigenvalue weighted by Gasteiger charge is -2.41. The first-order valence-electron chi connectivity index (χ1n) is 8.37. The van der Waals surface area contributed by atoms with E-state index in [-0.39, 0.29) is 0 Å². The van der Waals surface area contributed by atoms with Crippen molar-refractivity contribution in [2.75, 3.05) is 0 Å². The lowest BCUT2D eigenvalue weighted by molar-refractivity contribution is 0.153. The van der Waals surface area contributed by atoms with E-state index < -0.39 is 0 Å². The summed E-state index contributed by atoms with van der Waals surface area (Å²) in [6.07, 6.45) is 10.8. The Morgan fingerprint density at radius 3 is 2.95 bits per heavy atom. The molecule has 0 amide bonds. The second-order valence-electron chi connectivity index (χ2n) is 6.61. The highest BCUT2D eigenvalue weighted by atomic mass is 32.1. The normalized spacial score (nSPS) is 31.8. The van der Waals surface area contributed by atoms with Gasteiger partial charge in [-0.1, -0.05) is 32.6 Å². The fourth-order valence-electron chi connectivity index (χ4n) is 4.65. The van der Waals surface area contributed by atoms with Gasteiger partial charge in [-0.2, -0.15) is 0 Å². The van der Waals surface area contributed by atoms with Crippen molar-refractivity contribution in [3.8, 4) is 0 Å². The smallest absolute Gasteiger partial charge is 0.0310 e. The van der Waals surface area contributed by atoms with Gasteiger partial charge in [-0.15, -0.1) is 11.3 Å². The zero-order valence-electron chi connectivity index (χ0n) is 12.6. The van der Waals surface area contributed by atoms with Gasteiger partial charge in [0.1, 0.15) is 0 Å². The van der Waals surface area contributed by atoms with E-state index in [4.69, 9.17) is 5.84 Å². The van der Waals surface area contributed by atoms with E-state index in [9.17, 15) is 0 Å². The molecule has 0 radical (unpaired) electrons. The standard InChI is InChI=1S/C17H28N2S/c1-2-12-6-3-4-7-13(12)17(19-18)15-8-5-9-16-14(15)10-11-20-16/h10-13,15,17,19H,2-9,18H2,1H3. The highest BCUT2D eigenvalue weighted by molar-refractivity contribution is 7.10. The van der Waals surface area contributed by atoms with Crippen molar-refractivity contribution in [2.45, 2.75) is 70.3 Å². The number of nitrogens with one attached hydrogen (secondary N) is 1. The number of aryl methyl sites for hydroxylation is 1. The summed E-state index contributed by atoms with van der Waals surface area (Å²) in [5.41, 5.74) is 4.84. The van der Waals surface area contributed by atoms with Gasteiger partial charge in [0, 0.05) is 16.8 Å². The summed E-state index contributed by atoms with van der Waals surface area (Å²) in [5.74, 6) is 8.32. The quantitative estimate of drug-likeness (QED) is 0.644. The van der Waals surface area contributed by atoms with E-state index in [1.165, 1.54) is 51.4 Å². The van der Waals surface area contributed by atoms with Crippen LogP contribution in [0.2, 0.25) is 0 Å². The molecule has 2 nitrogen and oxygen atoms in total. The molecule has 1 heterocycles. The molecule has 0 spiro atoms. The van der Waals surface area contributed by atoms with Crippen LogP contribution in [0.25, 0.3) is 0 Å². The number of thiophene rings is 1. The molecule has 112 valence electrons. The largest absolute Gasteiger partial charge is 0.271 e. The summed E-state index contributed by atoms with van der Waals surface area (Å²) >= 11 is 1.94. The van der Waals surface area contributed by atoms with Crippen molar-refractivity contribution in [3.05, 3.63) is 21.9 Å². The van der Waals surface area contributed by atoms with Gasteiger partial charge in [-0.05, 0) is 54.5 Å². The predicted molar refractivity (Wildman–Crippen MR) is 86.8 cm³/mol. The average molecular weight is 292 g/mol. The highest BCUT2D eigenvalue weighted by Gasteiger charge is 2.37. The molecule has 0 aliphatic heterocycles. The Balaban J connectivity index is 1.83. The Hall–Kier alpha value is -0.380. The third-order valence-corrected chi connectivity index (χ3v) is 6.67. The van der Waals surface area contributed by atoms with E-state index in [0.29, 0.717) is 12.0 Å². The molecule has 1 saturated carbocycles. The van der Waals surface area contributed by atoms with Crippen LogP contribution < -0.4 is 11.3 Å². The van der Waals surface area contributed by atoms with Crippen LogP contribution in [-0.4, -0.2) is 6.04 Å². The molecule has 0 aromatic carbocycles. The molecule has 2 aliphatic rings. The van der Waals surface area contributed by atoms with Crippen LogP contribution in [0.4, 0.5) is 0 Å². The zero-order valence-corrected chi connectivity index (χ0v) is 13.4. The molecule has 0 bridgehead atoms. The molecule has 1 aromatic heterocycles. The van der Waals surface area contributed by atoms with Crippen LogP contribution in [0.5, 0.6) is 0 Å². The Bertz CT molecular complexity index is 428. The summed E-state index contributed by atoms with van der Waals surface area (Å²) in [7, 11) is 0. The first-order valence-corrected chi connectivity index (χ1v) is 9.25. The van der Waals surface area contributed by atoms with Crippen LogP contribution in [0.15, 0.2) is 11.4 Å². The second-order valence-corrected chi connectivity index (χ2v) is 7.61. The van der Waals surface area contributed by atoms with Crippen LogP contribution in [0.3, 0.4) is 0 Å². The molecule has 1 aromatic rings. The molecule has 4 unspecified atom stereocenters. The number of fused-ring (bicyclic) bond motifs is 1. The Morgan fingerprint density at radius 2 is 2.15 bits per heavy atom. The summed E-state index contributed by atoms with van der Waals surface area (Å²) in [4.78, 5) is 1.62. The third-order valence-electron chi connectivity index (χ3n) is 5.68.